The van der Waals surface area contributed by atoms with Crippen molar-refractivity contribution in [1.82, 2.24) is 25.0 Å². The van der Waals surface area contributed by atoms with Crippen LogP contribution in [0.2, 0.25) is 0 Å². The lowest BCUT2D eigenvalue weighted by molar-refractivity contribution is 0.0950. The van der Waals surface area contributed by atoms with Crippen molar-refractivity contribution in [2.45, 2.75) is 6.92 Å². The molecule has 2 aromatic heterocycles. The Bertz CT molecular complexity index is 1260. The van der Waals surface area contributed by atoms with Gasteiger partial charge in [-0.05, 0) is 56.9 Å². The topological polar surface area (TPSA) is 72.3 Å². The van der Waals surface area contributed by atoms with Crippen LogP contribution >= 0.6 is 0 Å². The highest BCUT2D eigenvalue weighted by molar-refractivity contribution is 5.96. The van der Waals surface area contributed by atoms with E-state index in [4.69, 9.17) is 4.74 Å². The maximum Gasteiger partial charge on any atom is 0.251 e. The van der Waals surface area contributed by atoms with Crippen LogP contribution in [0.25, 0.3) is 22.2 Å². The highest BCUT2D eigenvalue weighted by Crippen LogP contribution is 2.28. The third-order valence-corrected chi connectivity index (χ3v) is 5.30. The monoisotopic (exact) mass is 429 g/mol. The van der Waals surface area contributed by atoms with Crippen molar-refractivity contribution in [3.05, 3.63) is 72.1 Å². The van der Waals surface area contributed by atoms with Crippen LogP contribution in [0, 0.1) is 6.92 Å². The number of rotatable bonds is 7. The number of ether oxygens (including phenoxy) is 1. The van der Waals surface area contributed by atoms with E-state index in [0.717, 1.165) is 40.0 Å². The first-order chi connectivity index (χ1) is 15.4. The van der Waals surface area contributed by atoms with Gasteiger partial charge in [0.25, 0.3) is 5.91 Å². The minimum absolute atomic E-state index is 0.0634. The fourth-order valence-corrected chi connectivity index (χ4v) is 3.52. The summed E-state index contributed by atoms with van der Waals surface area (Å²) in [7, 11) is 5.87. The number of carbonyl (C=O) groups excluding carboxylic acids is 1. The maximum atomic E-state index is 12.5. The Kier molecular flexibility index (Phi) is 6.18. The fraction of sp³-hybridized carbons (Fsp3) is 0.240. The molecule has 0 saturated carbocycles. The van der Waals surface area contributed by atoms with E-state index >= 15 is 0 Å². The number of benzene rings is 2. The molecule has 0 aliphatic rings. The zero-order valence-corrected chi connectivity index (χ0v) is 18.8. The number of fused-ring (bicyclic) bond motifs is 1. The fourth-order valence-electron chi connectivity index (χ4n) is 3.52. The number of likely N-dealkylation sites (N-methyl/N-ethyl adjacent to an activating group) is 1. The molecule has 0 bridgehead atoms. The van der Waals surface area contributed by atoms with E-state index in [1.165, 1.54) is 0 Å². The summed E-state index contributed by atoms with van der Waals surface area (Å²) in [5, 5.41) is 8.30. The minimum atomic E-state index is -0.0634. The molecule has 0 aliphatic carbocycles. The third kappa shape index (κ3) is 4.78. The number of aromatic nitrogens is 3. The van der Waals surface area contributed by atoms with Crippen molar-refractivity contribution in [2.75, 3.05) is 27.2 Å². The number of carbonyl (C=O) groups is 1. The third-order valence-electron chi connectivity index (χ3n) is 5.30. The predicted molar refractivity (Wildman–Crippen MR) is 126 cm³/mol. The summed E-state index contributed by atoms with van der Waals surface area (Å²) in [4.78, 5) is 19.0. The quantitative estimate of drug-likeness (QED) is 0.480. The molecule has 0 aliphatic heterocycles. The highest BCUT2D eigenvalue weighted by atomic mass is 16.5. The average Bonchev–Trinajstić information content (AvgIpc) is 3.13. The molecule has 7 heteroatoms. The Labute approximate surface area is 187 Å². The Morgan fingerprint density at radius 1 is 1.09 bits per heavy atom. The van der Waals surface area contributed by atoms with Gasteiger partial charge in [-0.3, -0.25) is 14.5 Å². The second-order valence-corrected chi connectivity index (χ2v) is 8.06. The number of amides is 1. The van der Waals surface area contributed by atoms with Crippen molar-refractivity contribution >= 4 is 16.8 Å². The van der Waals surface area contributed by atoms with E-state index in [1.54, 1.807) is 6.20 Å². The van der Waals surface area contributed by atoms with Gasteiger partial charge in [0.2, 0.25) is 0 Å². The Hall–Kier alpha value is -3.71. The lowest BCUT2D eigenvalue weighted by Gasteiger charge is -2.12. The average molecular weight is 430 g/mol. The van der Waals surface area contributed by atoms with Crippen LogP contribution in [0.3, 0.4) is 0 Å². The zero-order chi connectivity index (χ0) is 22.7. The normalized spacial score (nSPS) is 11.2. The van der Waals surface area contributed by atoms with Gasteiger partial charge in [-0.15, -0.1) is 0 Å². The summed E-state index contributed by atoms with van der Waals surface area (Å²) >= 11 is 0. The molecule has 4 aromatic rings. The largest absolute Gasteiger partial charge is 0.457 e. The summed E-state index contributed by atoms with van der Waals surface area (Å²) in [5.41, 5.74) is 4.29. The molecule has 1 N–H and O–H groups in total. The molecule has 0 radical (unpaired) electrons. The summed E-state index contributed by atoms with van der Waals surface area (Å²) in [6.07, 6.45) is 3.56. The highest BCUT2D eigenvalue weighted by Gasteiger charge is 2.11. The molecule has 2 heterocycles. The van der Waals surface area contributed by atoms with Gasteiger partial charge in [-0.25, -0.2) is 0 Å². The number of nitrogens with zero attached hydrogens (tertiary/aromatic N) is 4. The first-order valence-electron chi connectivity index (χ1n) is 10.5. The van der Waals surface area contributed by atoms with Gasteiger partial charge in [-0.2, -0.15) is 5.10 Å². The standard InChI is InChI=1S/C25H27N5O2/c1-17-13-18(6-8-22(17)25(31)27-11-12-29(2)3)23-14-21(9-10-26-23)32-20-7-5-19-16-28-30(4)24(19)15-20/h5-10,13-16H,11-12H2,1-4H3,(H,27,31). The van der Waals surface area contributed by atoms with Crippen molar-refractivity contribution in [3.8, 4) is 22.8 Å². The van der Waals surface area contributed by atoms with Crippen LogP contribution in [0.1, 0.15) is 15.9 Å². The van der Waals surface area contributed by atoms with Crippen LogP contribution in [-0.2, 0) is 7.05 Å². The molecule has 0 unspecified atom stereocenters. The second-order valence-electron chi connectivity index (χ2n) is 8.06. The number of pyridine rings is 1. The van der Waals surface area contributed by atoms with E-state index in [2.05, 4.69) is 15.4 Å². The molecule has 7 nitrogen and oxygen atoms in total. The summed E-state index contributed by atoms with van der Waals surface area (Å²) in [6, 6.07) is 15.4. The van der Waals surface area contributed by atoms with Crippen molar-refractivity contribution in [1.29, 1.82) is 0 Å². The molecule has 0 atom stereocenters. The van der Waals surface area contributed by atoms with Gasteiger partial charge < -0.3 is 15.0 Å². The molecular formula is C25H27N5O2. The van der Waals surface area contributed by atoms with Crippen LogP contribution in [0.5, 0.6) is 11.5 Å². The Balaban J connectivity index is 1.51. The smallest absolute Gasteiger partial charge is 0.251 e. The number of aryl methyl sites for hydroxylation is 2. The SMILES string of the molecule is Cc1cc(-c2cc(Oc3ccc4cnn(C)c4c3)ccn2)ccc1C(=O)NCCN(C)C. The molecule has 1 amide bonds. The van der Waals surface area contributed by atoms with Crippen LogP contribution in [-0.4, -0.2) is 52.8 Å². The Morgan fingerprint density at radius 2 is 1.91 bits per heavy atom. The van der Waals surface area contributed by atoms with E-state index in [-0.39, 0.29) is 5.91 Å². The van der Waals surface area contributed by atoms with Gasteiger partial charge >= 0.3 is 0 Å². The molecule has 4 rings (SSSR count). The van der Waals surface area contributed by atoms with Gasteiger partial charge in [-0.1, -0.05) is 6.07 Å². The molecule has 2 aromatic carbocycles. The number of hydrogen-bond acceptors (Lipinski definition) is 5. The molecule has 0 saturated heterocycles. The van der Waals surface area contributed by atoms with E-state index in [1.807, 2.05) is 92.4 Å². The number of hydrogen-bond donors (Lipinski definition) is 1. The van der Waals surface area contributed by atoms with Gasteiger partial charge in [0.1, 0.15) is 11.5 Å². The zero-order valence-electron chi connectivity index (χ0n) is 18.8. The maximum absolute atomic E-state index is 12.5. The predicted octanol–water partition coefficient (Wildman–Crippen LogP) is 4.03. The molecule has 32 heavy (non-hydrogen) atoms. The minimum Gasteiger partial charge on any atom is -0.457 e. The summed E-state index contributed by atoms with van der Waals surface area (Å²) in [5.74, 6) is 1.37. The van der Waals surface area contributed by atoms with Gasteiger partial charge in [0.15, 0.2) is 0 Å². The molecule has 164 valence electrons. The van der Waals surface area contributed by atoms with Crippen LogP contribution in [0.15, 0.2) is 60.9 Å². The summed E-state index contributed by atoms with van der Waals surface area (Å²) in [6.45, 7) is 3.35. The molecule has 0 fully saturated rings. The van der Waals surface area contributed by atoms with Crippen molar-refractivity contribution in [3.63, 3.8) is 0 Å². The van der Waals surface area contributed by atoms with E-state index in [0.29, 0.717) is 17.9 Å². The molecular weight excluding hydrogens is 402 g/mol. The van der Waals surface area contributed by atoms with Gasteiger partial charge in [0.05, 0.1) is 17.4 Å². The second kappa shape index (κ2) is 9.20. The first kappa shape index (κ1) is 21.5. The van der Waals surface area contributed by atoms with Crippen molar-refractivity contribution < 1.29 is 9.53 Å². The lowest BCUT2D eigenvalue weighted by Crippen LogP contribution is -2.31. The lowest BCUT2D eigenvalue weighted by atomic mass is 10.0. The molecule has 0 spiro atoms. The van der Waals surface area contributed by atoms with E-state index in [9.17, 15) is 4.79 Å². The Morgan fingerprint density at radius 3 is 2.69 bits per heavy atom. The van der Waals surface area contributed by atoms with Crippen molar-refractivity contribution in [2.24, 2.45) is 7.05 Å². The van der Waals surface area contributed by atoms with Crippen LogP contribution < -0.4 is 10.1 Å². The van der Waals surface area contributed by atoms with E-state index < -0.39 is 0 Å². The first-order valence-corrected chi connectivity index (χ1v) is 10.5. The van der Waals surface area contributed by atoms with Crippen LogP contribution in [0.4, 0.5) is 0 Å². The summed E-state index contributed by atoms with van der Waals surface area (Å²) < 4.78 is 7.90. The van der Waals surface area contributed by atoms with Gasteiger partial charge in [0, 0.05) is 55.0 Å². The number of nitrogens with one attached hydrogen (secondary N) is 1.